The molecule has 3 aromatic rings. The lowest BCUT2D eigenvalue weighted by Gasteiger charge is -2.39. The number of carbonyl (C=O) groups is 2. The second-order valence-electron chi connectivity index (χ2n) is 6.34. The normalized spacial score (nSPS) is 22.1. The first-order chi connectivity index (χ1) is 13.5. The molecule has 2 atom stereocenters. The van der Waals surface area contributed by atoms with Crippen molar-refractivity contribution in [1.29, 1.82) is 0 Å². The number of aromatic nitrogens is 1. The van der Waals surface area contributed by atoms with Gasteiger partial charge in [-0.15, -0.1) is 11.8 Å². The van der Waals surface area contributed by atoms with Crippen LogP contribution in [0, 0.1) is 0 Å². The van der Waals surface area contributed by atoms with Crippen LogP contribution in [0.5, 0.6) is 0 Å². The van der Waals surface area contributed by atoms with Crippen molar-refractivity contribution in [2.45, 2.75) is 22.1 Å². The van der Waals surface area contributed by atoms with Crippen LogP contribution >= 0.6 is 50.6 Å². The highest BCUT2D eigenvalue weighted by molar-refractivity contribution is 9.10. The predicted octanol–water partition coefficient (Wildman–Crippen LogP) is 5.05. The van der Waals surface area contributed by atoms with Crippen molar-refractivity contribution in [2.75, 3.05) is 0 Å². The van der Waals surface area contributed by atoms with Gasteiger partial charge in [-0.1, -0.05) is 23.7 Å². The Hall–Kier alpha value is -1.67. The highest BCUT2D eigenvalue weighted by atomic mass is 79.9. The summed E-state index contributed by atoms with van der Waals surface area (Å²) in [6, 6.07) is 12.8. The largest absolute Gasteiger partial charge is 0.339 e. The monoisotopic (exact) mass is 492 g/mol. The number of hydrogen-bond donors (Lipinski definition) is 1. The Balaban J connectivity index is 1.70. The van der Waals surface area contributed by atoms with Gasteiger partial charge in [0.25, 0.3) is 0 Å². The fourth-order valence-corrected chi connectivity index (χ4v) is 5.43. The lowest BCUT2D eigenvalue weighted by Crippen LogP contribution is -2.58. The van der Waals surface area contributed by atoms with Crippen molar-refractivity contribution in [1.82, 2.24) is 10.3 Å². The third-order valence-electron chi connectivity index (χ3n) is 4.57. The maximum absolute atomic E-state index is 13.1. The summed E-state index contributed by atoms with van der Waals surface area (Å²) in [5, 5.41) is 6.64. The number of amides is 1. The third kappa shape index (κ3) is 3.64. The summed E-state index contributed by atoms with van der Waals surface area (Å²) in [5.41, 5.74) is 0.527. The van der Waals surface area contributed by atoms with E-state index >= 15 is 0 Å². The van der Waals surface area contributed by atoms with Gasteiger partial charge < -0.3 is 5.32 Å². The molecule has 1 aliphatic rings. The maximum atomic E-state index is 13.1. The van der Waals surface area contributed by atoms with Crippen molar-refractivity contribution >= 4 is 62.3 Å². The van der Waals surface area contributed by atoms with Gasteiger partial charge in [0, 0.05) is 22.0 Å². The Bertz CT molecular complexity index is 1010. The molecule has 0 saturated carbocycles. The van der Waals surface area contributed by atoms with E-state index in [4.69, 9.17) is 11.6 Å². The topological polar surface area (TPSA) is 59.1 Å². The number of pyridine rings is 1. The molecule has 2 aromatic heterocycles. The minimum Gasteiger partial charge on any atom is -0.339 e. The van der Waals surface area contributed by atoms with E-state index in [1.807, 2.05) is 47.2 Å². The number of nitrogens with one attached hydrogen (secondary N) is 1. The third-order valence-corrected chi connectivity index (χ3v) is 7.48. The number of hydrogen-bond acceptors (Lipinski definition) is 5. The zero-order valence-electron chi connectivity index (χ0n) is 14.4. The summed E-state index contributed by atoms with van der Waals surface area (Å²) in [7, 11) is 0. The first kappa shape index (κ1) is 19.6. The van der Waals surface area contributed by atoms with E-state index in [2.05, 4.69) is 26.2 Å². The molecule has 8 heteroatoms. The average Bonchev–Trinajstić information content (AvgIpc) is 3.22. The predicted molar refractivity (Wildman–Crippen MR) is 116 cm³/mol. The molecule has 1 fully saturated rings. The molecule has 1 aromatic carbocycles. The molecule has 1 saturated heterocycles. The van der Waals surface area contributed by atoms with Crippen LogP contribution < -0.4 is 5.32 Å². The van der Waals surface area contributed by atoms with Crippen molar-refractivity contribution in [3.8, 4) is 0 Å². The first-order valence-electron chi connectivity index (χ1n) is 8.40. The number of carbonyl (C=O) groups excluding carboxylic acids is 2. The summed E-state index contributed by atoms with van der Waals surface area (Å²) in [4.78, 5) is 31.4. The van der Waals surface area contributed by atoms with E-state index in [9.17, 15) is 9.59 Å². The highest BCUT2D eigenvalue weighted by Crippen LogP contribution is 2.40. The van der Waals surface area contributed by atoms with E-state index in [-0.39, 0.29) is 18.1 Å². The van der Waals surface area contributed by atoms with Gasteiger partial charge in [0.2, 0.25) is 5.91 Å². The van der Waals surface area contributed by atoms with E-state index in [1.165, 1.54) is 23.1 Å². The quantitative estimate of drug-likeness (QED) is 0.517. The minimum absolute atomic E-state index is 0.131. The zero-order chi connectivity index (χ0) is 19.7. The van der Waals surface area contributed by atoms with E-state index in [0.717, 1.165) is 10.0 Å². The number of piperidine rings is 1. The molecule has 1 N–H and O–H groups in total. The summed E-state index contributed by atoms with van der Waals surface area (Å²) >= 11 is 12.3. The van der Waals surface area contributed by atoms with Crippen LogP contribution in [0.1, 0.15) is 17.7 Å². The van der Waals surface area contributed by atoms with Crippen LogP contribution in [0.2, 0.25) is 5.02 Å². The number of benzene rings is 1. The fraction of sp³-hybridized carbons (Fsp3) is 0.150. The second-order valence-corrected chi connectivity index (χ2v) is 9.59. The van der Waals surface area contributed by atoms with Gasteiger partial charge in [-0.3, -0.25) is 14.6 Å². The molecule has 1 amide bonds. The molecule has 0 aliphatic carbocycles. The molecule has 3 heterocycles. The lowest BCUT2D eigenvalue weighted by atomic mass is 9.79. The average molecular weight is 494 g/mol. The molecule has 0 spiro atoms. The summed E-state index contributed by atoms with van der Waals surface area (Å²) < 4.78 is 0.831. The van der Waals surface area contributed by atoms with Crippen molar-refractivity contribution in [2.24, 2.45) is 0 Å². The van der Waals surface area contributed by atoms with Crippen LogP contribution in [-0.2, 0) is 15.1 Å². The van der Waals surface area contributed by atoms with Crippen LogP contribution in [0.4, 0.5) is 0 Å². The van der Waals surface area contributed by atoms with Gasteiger partial charge in [-0.2, -0.15) is 11.3 Å². The highest BCUT2D eigenvalue weighted by Gasteiger charge is 2.48. The lowest BCUT2D eigenvalue weighted by molar-refractivity contribution is -0.133. The van der Waals surface area contributed by atoms with E-state index in [1.54, 1.807) is 12.3 Å². The molecule has 4 rings (SSSR count). The Morgan fingerprint density at radius 2 is 2.04 bits per heavy atom. The SMILES string of the molecule is O=C1CC(c2ccsc2)(c2ccc(Br)cn2)NC(=O)C1Sc1ccccc1Cl. The molecule has 4 nitrogen and oxygen atoms in total. The molecule has 0 bridgehead atoms. The standard InChI is InChI=1S/C20H14BrClN2O2S2/c21-13-5-6-17(23-10-13)20(12-7-8-27-11-12)9-15(25)18(19(26)24-20)28-16-4-2-1-3-14(16)22/h1-8,10-11,18H,9H2,(H,24,26). The van der Waals surface area contributed by atoms with E-state index < -0.39 is 10.8 Å². The summed E-state index contributed by atoms with van der Waals surface area (Å²) in [6.07, 6.45) is 1.80. The number of thiophene rings is 1. The Labute approximate surface area is 183 Å². The number of halogens is 2. The number of thioether (sulfide) groups is 1. The summed E-state index contributed by atoms with van der Waals surface area (Å²) in [6.45, 7) is 0. The van der Waals surface area contributed by atoms with Crippen molar-refractivity contribution in [3.05, 3.63) is 80.2 Å². The smallest absolute Gasteiger partial charge is 0.242 e. The zero-order valence-corrected chi connectivity index (χ0v) is 18.4. The summed E-state index contributed by atoms with van der Waals surface area (Å²) in [5.74, 6) is -0.485. The van der Waals surface area contributed by atoms with Crippen molar-refractivity contribution in [3.63, 3.8) is 0 Å². The van der Waals surface area contributed by atoms with Gasteiger partial charge in [0.1, 0.15) is 10.8 Å². The van der Waals surface area contributed by atoms with Crippen LogP contribution in [0.25, 0.3) is 0 Å². The fourth-order valence-electron chi connectivity index (χ4n) is 3.22. The minimum atomic E-state index is -0.966. The molecule has 142 valence electrons. The van der Waals surface area contributed by atoms with Gasteiger partial charge in [-0.05, 0) is 62.6 Å². The van der Waals surface area contributed by atoms with Crippen molar-refractivity contribution < 1.29 is 9.59 Å². The first-order valence-corrected chi connectivity index (χ1v) is 11.4. The van der Waals surface area contributed by atoms with E-state index in [0.29, 0.717) is 15.6 Å². The Morgan fingerprint density at radius 3 is 2.68 bits per heavy atom. The van der Waals surface area contributed by atoms with Crippen LogP contribution in [0.3, 0.4) is 0 Å². The Morgan fingerprint density at radius 1 is 1.21 bits per heavy atom. The van der Waals surface area contributed by atoms with Gasteiger partial charge in [0.05, 0.1) is 10.7 Å². The van der Waals surface area contributed by atoms with Crippen LogP contribution in [-0.4, -0.2) is 21.9 Å². The van der Waals surface area contributed by atoms with Crippen LogP contribution in [0.15, 0.2) is 68.8 Å². The maximum Gasteiger partial charge on any atom is 0.242 e. The molecule has 28 heavy (non-hydrogen) atoms. The van der Waals surface area contributed by atoms with Gasteiger partial charge in [0.15, 0.2) is 5.78 Å². The molecular weight excluding hydrogens is 480 g/mol. The number of rotatable bonds is 4. The number of Topliss-reactive ketones (excluding diaryl/α,β-unsaturated/α-hetero) is 1. The molecule has 1 aliphatic heterocycles. The molecule has 2 unspecified atom stereocenters. The second kappa shape index (κ2) is 7.99. The Kier molecular flexibility index (Phi) is 5.60. The molecule has 0 radical (unpaired) electrons. The number of ketones is 1. The number of nitrogens with zero attached hydrogens (tertiary/aromatic N) is 1. The molecular formula is C20H14BrClN2O2S2. The van der Waals surface area contributed by atoms with Gasteiger partial charge in [-0.25, -0.2) is 0 Å². The van der Waals surface area contributed by atoms with Gasteiger partial charge >= 0.3 is 0 Å².